The van der Waals surface area contributed by atoms with Crippen LogP contribution in [-0.2, 0) is 14.8 Å². The lowest BCUT2D eigenvalue weighted by Gasteiger charge is -2.15. The Bertz CT molecular complexity index is 1420. The smallest absolute Gasteiger partial charge is 0.281 e. The van der Waals surface area contributed by atoms with E-state index in [1.54, 1.807) is 19.1 Å². The minimum atomic E-state index is -4.24. The van der Waals surface area contributed by atoms with E-state index in [2.05, 4.69) is 9.97 Å². The van der Waals surface area contributed by atoms with Crippen LogP contribution in [0.3, 0.4) is 0 Å². The van der Waals surface area contributed by atoms with Gasteiger partial charge in [-0.3, -0.25) is 4.79 Å². The molecule has 3 heterocycles. The van der Waals surface area contributed by atoms with Gasteiger partial charge in [-0.1, -0.05) is 19.9 Å². The van der Waals surface area contributed by atoms with Crippen LogP contribution >= 0.6 is 0 Å². The zero-order valence-corrected chi connectivity index (χ0v) is 22.3. The van der Waals surface area contributed by atoms with Crippen LogP contribution in [-0.4, -0.2) is 50.7 Å². The number of ether oxygens (including phenoxy) is 3. The number of aryl methyl sites for hydroxylation is 1. The highest BCUT2D eigenvalue weighted by Crippen LogP contribution is 2.29. The third kappa shape index (κ3) is 7.05. The summed E-state index contributed by atoms with van der Waals surface area (Å²) in [6.45, 7) is 7.37. The number of benzene rings is 1. The molecule has 1 unspecified atom stereocenters. The Morgan fingerprint density at radius 3 is 2.71 bits per heavy atom. The molecule has 38 heavy (non-hydrogen) atoms. The van der Waals surface area contributed by atoms with E-state index in [9.17, 15) is 17.6 Å². The zero-order chi connectivity index (χ0) is 27.3. The number of nitrogens with zero attached hydrogens (tertiary/aromatic N) is 2. The lowest BCUT2D eigenvalue weighted by atomic mass is 10.1. The summed E-state index contributed by atoms with van der Waals surface area (Å²) in [7, 11) is -4.24. The molecule has 3 aromatic rings. The van der Waals surface area contributed by atoms with E-state index in [1.807, 2.05) is 18.6 Å². The maximum atomic E-state index is 14.4. The molecule has 1 aliphatic heterocycles. The Kier molecular flexibility index (Phi) is 8.58. The molecule has 206 valence electrons. The molecule has 1 atom stereocenters. The number of carbonyl (C=O) groups excluding carboxylic acids is 1. The Hall–Kier alpha value is -3.57. The lowest BCUT2D eigenvalue weighted by molar-refractivity contribution is 0.0974. The van der Waals surface area contributed by atoms with Crippen molar-refractivity contribution in [2.45, 2.75) is 32.2 Å². The first kappa shape index (κ1) is 27.5. The summed E-state index contributed by atoms with van der Waals surface area (Å²) in [5.41, 5.74) is 1.15. The molecule has 4 rings (SSSR count). The molecule has 2 aromatic heterocycles. The normalized spacial score (nSPS) is 15.4. The highest BCUT2D eigenvalue weighted by molar-refractivity contribution is 7.90. The van der Waals surface area contributed by atoms with Gasteiger partial charge < -0.3 is 14.2 Å². The molecule has 0 radical (unpaired) electrons. The van der Waals surface area contributed by atoms with Gasteiger partial charge in [0.25, 0.3) is 15.9 Å². The number of pyridine rings is 2. The molecule has 0 spiro atoms. The fourth-order valence-corrected chi connectivity index (χ4v) is 4.73. The van der Waals surface area contributed by atoms with Gasteiger partial charge in [0.1, 0.15) is 17.1 Å². The molecule has 9 nitrogen and oxygen atoms in total. The fraction of sp³-hybridized carbons (Fsp3) is 0.370. The van der Waals surface area contributed by atoms with E-state index in [-0.39, 0.29) is 37.8 Å². The molecule has 1 aromatic carbocycles. The second-order valence-electron chi connectivity index (χ2n) is 9.52. The van der Waals surface area contributed by atoms with Gasteiger partial charge >= 0.3 is 0 Å². The number of rotatable bonds is 10. The number of halogens is 1. The van der Waals surface area contributed by atoms with Crippen molar-refractivity contribution in [1.29, 1.82) is 0 Å². The molecule has 1 N–H and O–H groups in total. The van der Waals surface area contributed by atoms with Crippen molar-refractivity contribution in [2.75, 3.05) is 26.4 Å². The van der Waals surface area contributed by atoms with Crippen LogP contribution in [0.1, 0.15) is 39.2 Å². The van der Waals surface area contributed by atoms with E-state index in [0.717, 1.165) is 6.42 Å². The van der Waals surface area contributed by atoms with Crippen LogP contribution in [0.15, 0.2) is 53.6 Å². The quantitative estimate of drug-likeness (QED) is 0.390. The Morgan fingerprint density at radius 2 is 2.00 bits per heavy atom. The van der Waals surface area contributed by atoms with E-state index in [1.165, 1.54) is 36.4 Å². The predicted molar refractivity (Wildman–Crippen MR) is 142 cm³/mol. The summed E-state index contributed by atoms with van der Waals surface area (Å²) in [6.07, 6.45) is 0.787. The van der Waals surface area contributed by atoms with Crippen LogP contribution in [0, 0.1) is 24.6 Å². The van der Waals surface area contributed by atoms with Gasteiger partial charge in [0.15, 0.2) is 5.03 Å². The van der Waals surface area contributed by atoms with Gasteiger partial charge in [-0.05, 0) is 55.7 Å². The summed E-state index contributed by atoms with van der Waals surface area (Å²) in [5.74, 6) is -0.810. The fourth-order valence-electron chi connectivity index (χ4n) is 3.75. The first-order valence-electron chi connectivity index (χ1n) is 12.3. The van der Waals surface area contributed by atoms with E-state index in [4.69, 9.17) is 14.2 Å². The van der Waals surface area contributed by atoms with Gasteiger partial charge in [0.05, 0.1) is 25.5 Å². The summed E-state index contributed by atoms with van der Waals surface area (Å²) in [5, 5.41) is -0.283. The first-order valence-corrected chi connectivity index (χ1v) is 13.7. The molecule has 1 amide bonds. The Balaban J connectivity index is 0.00000280. The largest absolute Gasteiger partial charge is 0.493 e. The number of carbonyl (C=O) groups is 1. The zero-order valence-electron chi connectivity index (χ0n) is 21.4. The second-order valence-corrected chi connectivity index (χ2v) is 11.2. The van der Waals surface area contributed by atoms with Crippen molar-refractivity contribution in [1.82, 2.24) is 14.7 Å². The average molecular weight is 548 g/mol. The minimum Gasteiger partial charge on any atom is -0.493 e. The number of sulfonamides is 1. The maximum Gasteiger partial charge on any atom is 0.281 e. The van der Waals surface area contributed by atoms with Crippen molar-refractivity contribution in [3.8, 4) is 22.9 Å². The monoisotopic (exact) mass is 547 g/mol. The van der Waals surface area contributed by atoms with Gasteiger partial charge in [-0.15, -0.1) is 0 Å². The molecular formula is C27H34FN3O6S. The molecule has 1 saturated heterocycles. The van der Waals surface area contributed by atoms with Crippen molar-refractivity contribution >= 4 is 15.9 Å². The van der Waals surface area contributed by atoms with E-state index in [0.29, 0.717) is 42.5 Å². The van der Waals surface area contributed by atoms with E-state index >= 15 is 0 Å². The average Bonchev–Trinajstić information content (AvgIpc) is 3.39. The Labute approximate surface area is 224 Å². The number of hydrogen-bond acceptors (Lipinski definition) is 8. The van der Waals surface area contributed by atoms with Crippen LogP contribution in [0.25, 0.3) is 11.3 Å². The Morgan fingerprint density at radius 1 is 1.18 bits per heavy atom. The molecule has 1 fully saturated rings. The van der Waals surface area contributed by atoms with Crippen LogP contribution in [0.4, 0.5) is 4.39 Å². The SMILES string of the molecule is Cc1cccc(S(=O)(=O)NC(=O)c2ccc(-c3cc(F)cc(OCC(C)C)c3)nc2OCC2CCOC2)n1.[HH].[HH]. The molecule has 0 bridgehead atoms. The number of hydrogen-bond donors (Lipinski definition) is 1. The predicted octanol–water partition coefficient (Wildman–Crippen LogP) is 4.65. The van der Waals surface area contributed by atoms with Crippen molar-refractivity contribution < 1.29 is 34.7 Å². The standard InChI is InChI=1S/C27H30FN3O6S.2H2/c1-17(2)14-36-22-12-20(11-21(28)13-22)24-8-7-23(27(30-24)37-16-19-9-10-35-15-19)26(32)31-38(33,34)25-6-4-5-18(3)29-25;;/h4-8,11-13,17,19H,9-10,14-16H2,1-3H3,(H,31,32);2*1H. The van der Waals surface area contributed by atoms with Gasteiger partial charge in [-0.2, -0.15) is 8.42 Å². The first-order chi connectivity index (χ1) is 18.1. The van der Waals surface area contributed by atoms with Crippen molar-refractivity contribution in [3.05, 3.63) is 65.6 Å². The molecule has 1 aliphatic rings. The van der Waals surface area contributed by atoms with Crippen LogP contribution in [0.2, 0.25) is 0 Å². The molecule has 0 aliphatic carbocycles. The number of nitrogens with one attached hydrogen (secondary N) is 1. The van der Waals surface area contributed by atoms with Crippen molar-refractivity contribution in [3.63, 3.8) is 0 Å². The van der Waals surface area contributed by atoms with Gasteiger partial charge in [-0.25, -0.2) is 19.1 Å². The highest BCUT2D eigenvalue weighted by Gasteiger charge is 2.25. The number of amides is 1. The van der Waals surface area contributed by atoms with Gasteiger partial charge in [0, 0.05) is 32.7 Å². The summed E-state index contributed by atoms with van der Waals surface area (Å²) >= 11 is 0. The maximum absolute atomic E-state index is 14.4. The summed E-state index contributed by atoms with van der Waals surface area (Å²) in [4.78, 5) is 21.5. The summed E-state index contributed by atoms with van der Waals surface area (Å²) in [6, 6.07) is 11.6. The topological polar surface area (TPSA) is 117 Å². The third-order valence-corrected chi connectivity index (χ3v) is 6.93. The number of aromatic nitrogens is 2. The third-order valence-electron chi connectivity index (χ3n) is 5.70. The molecular weight excluding hydrogens is 513 g/mol. The van der Waals surface area contributed by atoms with E-state index < -0.39 is 21.7 Å². The lowest BCUT2D eigenvalue weighted by Crippen LogP contribution is -2.32. The van der Waals surface area contributed by atoms with Gasteiger partial charge in [0.2, 0.25) is 5.88 Å². The van der Waals surface area contributed by atoms with Crippen LogP contribution in [0.5, 0.6) is 11.6 Å². The molecule has 0 saturated carbocycles. The highest BCUT2D eigenvalue weighted by atomic mass is 32.2. The summed E-state index contributed by atoms with van der Waals surface area (Å²) < 4.78 is 59.0. The molecule has 11 heteroatoms. The minimum absolute atomic E-state index is 0. The van der Waals surface area contributed by atoms with Crippen molar-refractivity contribution in [2.24, 2.45) is 11.8 Å². The van der Waals surface area contributed by atoms with Crippen LogP contribution < -0.4 is 14.2 Å². The second kappa shape index (κ2) is 11.9.